The highest BCUT2D eigenvalue weighted by molar-refractivity contribution is 8.29. The summed E-state index contributed by atoms with van der Waals surface area (Å²) in [4.78, 5) is 54.0. The number of aryl methyl sites for hydroxylation is 2. The Kier molecular flexibility index (Phi) is 10.7. The number of aromatic nitrogens is 4. The summed E-state index contributed by atoms with van der Waals surface area (Å²) in [7, 11) is 0. The molecule has 0 unspecified atom stereocenters. The Labute approximate surface area is 257 Å². The van der Waals surface area contributed by atoms with Crippen LogP contribution in [0, 0.1) is 0 Å². The first kappa shape index (κ1) is 30.6. The van der Waals surface area contributed by atoms with Crippen molar-refractivity contribution in [1.82, 2.24) is 30.2 Å². The minimum absolute atomic E-state index is 0.169. The zero-order valence-corrected chi connectivity index (χ0v) is 26.3. The Hall–Kier alpha value is -2.38. The fourth-order valence-electron chi connectivity index (χ4n) is 3.51. The van der Waals surface area contributed by atoms with Crippen molar-refractivity contribution in [3.8, 4) is 0 Å². The molecule has 2 aliphatic rings. The lowest BCUT2D eigenvalue weighted by Gasteiger charge is -2.14. The third kappa shape index (κ3) is 7.47. The van der Waals surface area contributed by atoms with Gasteiger partial charge in [-0.3, -0.25) is 29.0 Å². The first-order chi connectivity index (χ1) is 19.2. The van der Waals surface area contributed by atoms with Crippen molar-refractivity contribution in [2.45, 2.75) is 52.4 Å². The van der Waals surface area contributed by atoms with Gasteiger partial charge in [-0.05, 0) is 25.7 Å². The van der Waals surface area contributed by atoms with E-state index in [0.29, 0.717) is 31.7 Å². The van der Waals surface area contributed by atoms with E-state index in [9.17, 15) is 19.2 Å². The van der Waals surface area contributed by atoms with Crippen LogP contribution in [0.2, 0.25) is 0 Å². The van der Waals surface area contributed by atoms with E-state index in [-0.39, 0.29) is 59.4 Å². The molecule has 0 aliphatic carbocycles. The highest BCUT2D eigenvalue weighted by Crippen LogP contribution is 2.42. The Morgan fingerprint density at radius 2 is 1.12 bits per heavy atom. The first-order valence-electron chi connectivity index (χ1n) is 12.3. The van der Waals surface area contributed by atoms with Gasteiger partial charge >= 0.3 is 0 Å². The largest absolute Gasteiger partial charge is 0.301 e. The van der Waals surface area contributed by atoms with Crippen LogP contribution in [0.25, 0.3) is 0 Å². The Bertz CT molecular complexity index is 1290. The van der Waals surface area contributed by atoms with Crippen LogP contribution in [-0.2, 0) is 32.0 Å². The van der Waals surface area contributed by atoms with Gasteiger partial charge in [0.1, 0.15) is 18.7 Å². The zero-order chi connectivity index (χ0) is 28.8. The van der Waals surface area contributed by atoms with E-state index in [1.807, 2.05) is 13.8 Å². The predicted molar refractivity (Wildman–Crippen MR) is 165 cm³/mol. The molecule has 18 heteroatoms. The molecule has 212 valence electrons. The molecule has 0 saturated carbocycles. The van der Waals surface area contributed by atoms with E-state index in [1.54, 1.807) is 0 Å². The maximum absolute atomic E-state index is 13.1. The van der Waals surface area contributed by atoms with Crippen LogP contribution in [0.5, 0.6) is 0 Å². The summed E-state index contributed by atoms with van der Waals surface area (Å²) >= 11 is 15.5. The lowest BCUT2D eigenvalue weighted by atomic mass is 10.2. The molecule has 0 atom stereocenters. The second-order valence-electron chi connectivity index (χ2n) is 8.32. The third-order valence-corrected chi connectivity index (χ3v) is 10.5. The molecule has 2 fully saturated rings. The molecular formula is C22H24N8O4S6. The molecule has 2 saturated heterocycles. The van der Waals surface area contributed by atoms with Crippen molar-refractivity contribution in [3.63, 3.8) is 0 Å². The van der Waals surface area contributed by atoms with Crippen molar-refractivity contribution < 1.29 is 19.2 Å². The van der Waals surface area contributed by atoms with Crippen molar-refractivity contribution in [2.75, 3.05) is 23.7 Å². The van der Waals surface area contributed by atoms with Crippen molar-refractivity contribution in [1.29, 1.82) is 0 Å². The molecule has 2 N–H and O–H groups in total. The molecule has 12 nitrogen and oxygen atoms in total. The zero-order valence-electron chi connectivity index (χ0n) is 21.4. The number of carbonyl (C=O) groups excluding carboxylic acids is 4. The van der Waals surface area contributed by atoms with Crippen molar-refractivity contribution >= 4 is 113 Å². The number of anilines is 2. The molecule has 4 amide bonds. The average Bonchev–Trinajstić information content (AvgIpc) is 3.69. The number of thiocarbonyl (C=S) groups is 2. The molecule has 2 aromatic rings. The van der Waals surface area contributed by atoms with Gasteiger partial charge in [-0.25, -0.2) is 0 Å². The van der Waals surface area contributed by atoms with Crippen LogP contribution >= 0.6 is 70.6 Å². The van der Waals surface area contributed by atoms with Crippen LogP contribution in [0.4, 0.5) is 10.3 Å². The topological polar surface area (TPSA) is 150 Å². The summed E-state index contributed by atoms with van der Waals surface area (Å²) in [6, 6.07) is 0. The van der Waals surface area contributed by atoms with Gasteiger partial charge in [0.2, 0.25) is 22.1 Å². The monoisotopic (exact) mass is 656 g/mol. The van der Waals surface area contributed by atoms with E-state index in [4.69, 9.17) is 24.4 Å². The quantitative estimate of drug-likeness (QED) is 0.254. The highest BCUT2D eigenvalue weighted by atomic mass is 32.2. The molecule has 4 heterocycles. The Morgan fingerprint density at radius 1 is 0.725 bits per heavy atom. The predicted octanol–water partition coefficient (Wildman–Crippen LogP) is 3.58. The minimum atomic E-state index is -0.379. The molecule has 2 aromatic heterocycles. The maximum Gasteiger partial charge on any atom is 0.267 e. The van der Waals surface area contributed by atoms with Gasteiger partial charge in [0, 0.05) is 25.9 Å². The van der Waals surface area contributed by atoms with Gasteiger partial charge in [0.05, 0.1) is 9.81 Å². The molecule has 0 aromatic carbocycles. The number of hydrogen-bond donors (Lipinski definition) is 2. The van der Waals surface area contributed by atoms with Crippen LogP contribution in [0.1, 0.15) is 49.5 Å². The minimum Gasteiger partial charge on any atom is -0.301 e. The number of amides is 4. The number of thioether (sulfide) groups is 2. The summed E-state index contributed by atoms with van der Waals surface area (Å²) in [5.74, 6) is -1.22. The Balaban J connectivity index is 1.26. The molecule has 0 radical (unpaired) electrons. The number of hydrogen-bond acceptors (Lipinski definition) is 14. The number of nitrogens with zero attached hydrogens (tertiary/aromatic N) is 6. The van der Waals surface area contributed by atoms with E-state index < -0.39 is 0 Å². The maximum atomic E-state index is 13.1. The summed E-state index contributed by atoms with van der Waals surface area (Å²) in [6.45, 7) is 4.39. The van der Waals surface area contributed by atoms with Crippen LogP contribution in [0.15, 0.2) is 9.81 Å². The third-order valence-electron chi connectivity index (χ3n) is 5.51. The van der Waals surface area contributed by atoms with Crippen LogP contribution < -0.4 is 10.6 Å². The number of carbonyl (C=O) groups is 4. The number of nitrogens with one attached hydrogen (secondary N) is 2. The normalized spacial score (nSPS) is 17.4. The molecule has 4 rings (SSSR count). The van der Waals surface area contributed by atoms with Gasteiger partial charge in [0.25, 0.3) is 11.8 Å². The van der Waals surface area contributed by atoms with Crippen molar-refractivity contribution in [3.05, 3.63) is 19.8 Å². The summed E-state index contributed by atoms with van der Waals surface area (Å²) < 4.78 is 0.643. The second kappa shape index (κ2) is 14.0. The van der Waals surface area contributed by atoms with E-state index in [2.05, 4.69) is 31.0 Å². The fourth-order valence-corrected chi connectivity index (χ4v) is 7.67. The molecule has 0 spiro atoms. The molecule has 0 bridgehead atoms. The molecule has 40 heavy (non-hydrogen) atoms. The smallest absolute Gasteiger partial charge is 0.267 e. The fraction of sp³-hybridized carbons (Fsp3) is 0.455. The summed E-state index contributed by atoms with van der Waals surface area (Å²) in [6.07, 6.45) is 2.58. The van der Waals surface area contributed by atoms with Crippen LogP contribution in [-0.4, -0.2) is 75.6 Å². The van der Waals surface area contributed by atoms with Gasteiger partial charge < -0.3 is 10.6 Å². The van der Waals surface area contributed by atoms with E-state index in [0.717, 1.165) is 46.4 Å². The number of rotatable bonds is 12. The first-order valence-corrected chi connectivity index (χ1v) is 16.3. The summed E-state index contributed by atoms with van der Waals surface area (Å²) in [5.41, 5.74) is 0. The van der Waals surface area contributed by atoms with Crippen LogP contribution in [0.3, 0.4) is 0 Å². The highest BCUT2D eigenvalue weighted by Gasteiger charge is 2.41. The average molecular weight is 657 g/mol. The second-order valence-corrected chi connectivity index (χ2v) is 13.7. The molecule has 2 aliphatic heterocycles. The van der Waals surface area contributed by atoms with Gasteiger partial charge in [-0.15, -0.1) is 20.4 Å². The standard InChI is InChI=1S/C22H24N8O4S6/c1-3-13-25-27-19(37-13)23-11(31)7-5-9-29-17(33)15(39-21(29)35)16-18(34)30(22(36)40-16)10-6-8-12(32)24-20-28-26-14(4-2)38-20/h3-10H2,1-2H3,(H,23,27,31)(H,24,28,32). The summed E-state index contributed by atoms with van der Waals surface area (Å²) in [5, 5.41) is 23.8. The van der Waals surface area contributed by atoms with Crippen molar-refractivity contribution in [2.24, 2.45) is 0 Å². The van der Waals surface area contributed by atoms with E-state index in [1.165, 1.54) is 32.5 Å². The SMILES string of the molecule is CCc1nnc(NC(=O)CCCN2C(=O)C(=C3SC(=S)N(CCCC(=O)Nc4nnc(CC)s4)C3=O)SC2=S)s1. The van der Waals surface area contributed by atoms with Gasteiger partial charge in [-0.2, -0.15) is 0 Å². The lowest BCUT2D eigenvalue weighted by molar-refractivity contribution is -0.124. The Morgan fingerprint density at radius 3 is 1.48 bits per heavy atom. The van der Waals surface area contributed by atoms with Gasteiger partial charge in [-0.1, -0.05) is 84.5 Å². The van der Waals surface area contributed by atoms with E-state index >= 15 is 0 Å². The molecular weight excluding hydrogens is 633 g/mol. The lowest BCUT2D eigenvalue weighted by Crippen LogP contribution is -2.31. The van der Waals surface area contributed by atoms with Gasteiger partial charge in [0.15, 0.2) is 0 Å².